The minimum atomic E-state index is -3.36. The minimum absolute atomic E-state index is 0.368. The van der Waals surface area contributed by atoms with E-state index in [1.54, 1.807) is 16.6 Å². The lowest BCUT2D eigenvalue weighted by molar-refractivity contribution is 0.410. The van der Waals surface area contributed by atoms with Crippen LogP contribution in [0.15, 0.2) is 17.2 Å². The molecule has 5 nitrogen and oxygen atoms in total. The Hall–Kier alpha value is -0.850. The second-order valence-electron chi connectivity index (χ2n) is 4.94. The summed E-state index contributed by atoms with van der Waals surface area (Å²) in [5.41, 5.74) is 0.907. The zero-order valence-electron chi connectivity index (χ0n) is 12.8. The van der Waals surface area contributed by atoms with Gasteiger partial charge in [0.2, 0.25) is 10.0 Å². The molecule has 0 bridgehead atoms. The summed E-state index contributed by atoms with van der Waals surface area (Å²) in [7, 11) is -3.36. The van der Waals surface area contributed by atoms with Gasteiger partial charge in [-0.1, -0.05) is 20.8 Å². The average molecular weight is 301 g/mol. The lowest BCUT2D eigenvalue weighted by Gasteiger charge is -2.19. The van der Waals surface area contributed by atoms with Crippen LogP contribution in [-0.4, -0.2) is 37.3 Å². The molecule has 116 valence electrons. The highest BCUT2D eigenvalue weighted by atomic mass is 32.2. The minimum Gasteiger partial charge on any atom is -0.363 e. The first-order valence-corrected chi connectivity index (χ1v) is 8.88. The van der Waals surface area contributed by atoms with Crippen molar-refractivity contribution in [3.8, 4) is 0 Å². The Labute approximate surface area is 122 Å². The molecule has 20 heavy (non-hydrogen) atoms. The third kappa shape index (κ3) is 4.61. The van der Waals surface area contributed by atoms with Crippen LogP contribution in [-0.2, 0) is 16.6 Å². The van der Waals surface area contributed by atoms with Crippen LogP contribution in [0.4, 0.5) is 0 Å². The van der Waals surface area contributed by atoms with E-state index < -0.39 is 10.0 Å². The molecule has 0 aliphatic rings. The van der Waals surface area contributed by atoms with Crippen LogP contribution in [0.5, 0.6) is 0 Å². The van der Waals surface area contributed by atoms with Gasteiger partial charge in [-0.3, -0.25) is 0 Å². The van der Waals surface area contributed by atoms with E-state index in [1.807, 2.05) is 13.8 Å². The molecule has 0 aliphatic heterocycles. The molecule has 0 fully saturated rings. The van der Waals surface area contributed by atoms with Gasteiger partial charge in [0.25, 0.3) is 0 Å². The summed E-state index contributed by atoms with van der Waals surface area (Å²) >= 11 is 0. The van der Waals surface area contributed by atoms with Crippen molar-refractivity contribution < 1.29 is 8.42 Å². The molecular weight excluding hydrogens is 274 g/mol. The van der Waals surface area contributed by atoms with Crippen LogP contribution in [0.3, 0.4) is 0 Å². The van der Waals surface area contributed by atoms with Crippen molar-refractivity contribution in [1.29, 1.82) is 0 Å². The normalized spacial score (nSPS) is 12.2. The number of aromatic nitrogens is 1. The van der Waals surface area contributed by atoms with Crippen molar-refractivity contribution in [3.63, 3.8) is 0 Å². The lowest BCUT2D eigenvalue weighted by atomic mass is 10.4. The Morgan fingerprint density at radius 3 is 2.35 bits per heavy atom. The first kappa shape index (κ1) is 17.2. The third-order valence-corrected chi connectivity index (χ3v) is 4.92. The summed E-state index contributed by atoms with van der Waals surface area (Å²) in [4.78, 5) is 3.41. The van der Waals surface area contributed by atoms with E-state index in [2.05, 4.69) is 17.2 Å². The fraction of sp³-hybridized carbons (Fsp3) is 0.714. The largest absolute Gasteiger partial charge is 0.363 e. The molecule has 0 saturated heterocycles. The van der Waals surface area contributed by atoms with Crippen LogP contribution < -0.4 is 5.32 Å². The lowest BCUT2D eigenvalue weighted by Crippen LogP contribution is -2.32. The summed E-state index contributed by atoms with van der Waals surface area (Å²) in [6.07, 6.45) is 4.31. The Bertz CT molecular complexity index is 476. The Kier molecular flexibility index (Phi) is 7.26. The van der Waals surface area contributed by atoms with Crippen LogP contribution in [0.2, 0.25) is 0 Å². The molecule has 0 saturated carbocycles. The predicted molar refractivity (Wildman–Crippen MR) is 82.1 cm³/mol. The molecule has 0 spiro atoms. The second kappa shape index (κ2) is 8.44. The van der Waals surface area contributed by atoms with Crippen molar-refractivity contribution in [2.24, 2.45) is 0 Å². The topological polar surface area (TPSA) is 65.2 Å². The van der Waals surface area contributed by atoms with Crippen molar-refractivity contribution in [3.05, 3.63) is 18.0 Å². The van der Waals surface area contributed by atoms with Crippen molar-refractivity contribution >= 4 is 10.0 Å². The highest BCUT2D eigenvalue weighted by molar-refractivity contribution is 7.89. The van der Waals surface area contributed by atoms with Crippen LogP contribution in [0.1, 0.15) is 45.7 Å². The second-order valence-corrected chi connectivity index (χ2v) is 6.88. The molecule has 0 aliphatic carbocycles. The van der Waals surface area contributed by atoms with E-state index in [0.29, 0.717) is 24.5 Å². The Morgan fingerprint density at radius 1 is 1.15 bits per heavy atom. The van der Waals surface area contributed by atoms with Crippen molar-refractivity contribution in [1.82, 2.24) is 14.6 Å². The third-order valence-electron chi connectivity index (χ3n) is 3.04. The maximum absolute atomic E-state index is 12.5. The summed E-state index contributed by atoms with van der Waals surface area (Å²) in [5.74, 6) is 0. The summed E-state index contributed by atoms with van der Waals surface area (Å²) in [6, 6.07) is 1.73. The van der Waals surface area contributed by atoms with Crippen LogP contribution >= 0.6 is 0 Å². The van der Waals surface area contributed by atoms with Gasteiger partial charge in [-0.2, -0.15) is 4.31 Å². The number of rotatable bonds is 10. The fourth-order valence-electron chi connectivity index (χ4n) is 2.07. The van der Waals surface area contributed by atoms with E-state index in [1.165, 1.54) is 0 Å². The molecular formula is C14H27N3O2S. The van der Waals surface area contributed by atoms with Crippen LogP contribution in [0, 0.1) is 0 Å². The summed E-state index contributed by atoms with van der Waals surface area (Å²) in [6.45, 7) is 8.84. The molecule has 6 heteroatoms. The maximum atomic E-state index is 12.5. The first-order chi connectivity index (χ1) is 9.56. The highest BCUT2D eigenvalue weighted by Crippen LogP contribution is 2.17. The van der Waals surface area contributed by atoms with E-state index in [0.717, 1.165) is 31.5 Å². The van der Waals surface area contributed by atoms with E-state index in [-0.39, 0.29) is 0 Å². The van der Waals surface area contributed by atoms with Gasteiger partial charge in [0, 0.05) is 31.5 Å². The number of nitrogens with zero attached hydrogens (tertiary/aromatic N) is 1. The van der Waals surface area contributed by atoms with Gasteiger partial charge in [0.05, 0.1) is 4.90 Å². The fourth-order valence-corrected chi connectivity index (χ4v) is 3.71. The number of hydrogen-bond acceptors (Lipinski definition) is 3. The molecule has 1 heterocycles. The smallest absolute Gasteiger partial charge is 0.244 e. The zero-order valence-corrected chi connectivity index (χ0v) is 13.6. The van der Waals surface area contributed by atoms with E-state index in [4.69, 9.17) is 0 Å². The van der Waals surface area contributed by atoms with Gasteiger partial charge < -0.3 is 10.3 Å². The standard InChI is InChI=1S/C14H27N3O2S/c1-4-7-15-11-13-10-14(12-16-13)20(18,19)17(8-5-2)9-6-3/h10,12,15-16H,4-9,11H2,1-3H3. The predicted octanol–water partition coefficient (Wildman–Crippen LogP) is 2.32. The van der Waals surface area contributed by atoms with Gasteiger partial charge in [-0.05, 0) is 31.9 Å². The monoisotopic (exact) mass is 301 g/mol. The average Bonchev–Trinajstić information content (AvgIpc) is 2.88. The van der Waals surface area contributed by atoms with E-state index in [9.17, 15) is 8.42 Å². The molecule has 1 aromatic rings. The molecule has 0 unspecified atom stereocenters. The molecule has 0 amide bonds. The first-order valence-electron chi connectivity index (χ1n) is 7.44. The number of sulfonamides is 1. The van der Waals surface area contributed by atoms with Gasteiger partial charge in [-0.15, -0.1) is 0 Å². The van der Waals surface area contributed by atoms with Crippen LogP contribution in [0.25, 0.3) is 0 Å². The Balaban J connectivity index is 2.80. The van der Waals surface area contributed by atoms with Crippen molar-refractivity contribution in [2.75, 3.05) is 19.6 Å². The van der Waals surface area contributed by atoms with Crippen molar-refractivity contribution in [2.45, 2.75) is 51.5 Å². The maximum Gasteiger partial charge on any atom is 0.244 e. The highest BCUT2D eigenvalue weighted by Gasteiger charge is 2.24. The van der Waals surface area contributed by atoms with E-state index >= 15 is 0 Å². The summed E-state index contributed by atoms with van der Waals surface area (Å²) in [5, 5.41) is 3.26. The van der Waals surface area contributed by atoms with Gasteiger partial charge in [0.15, 0.2) is 0 Å². The molecule has 1 aromatic heterocycles. The number of H-pyrrole nitrogens is 1. The molecule has 1 rings (SSSR count). The van der Waals surface area contributed by atoms with Gasteiger partial charge in [-0.25, -0.2) is 8.42 Å². The quantitative estimate of drug-likeness (QED) is 0.652. The SMILES string of the molecule is CCCNCc1cc(S(=O)(=O)N(CCC)CCC)c[nH]1. The number of nitrogens with one attached hydrogen (secondary N) is 2. The van der Waals surface area contributed by atoms with Gasteiger partial charge in [0.1, 0.15) is 0 Å². The van der Waals surface area contributed by atoms with Gasteiger partial charge >= 0.3 is 0 Å². The number of hydrogen-bond donors (Lipinski definition) is 2. The zero-order chi connectivity index (χ0) is 15.0. The molecule has 2 N–H and O–H groups in total. The number of aromatic amines is 1. The molecule has 0 aromatic carbocycles. The molecule has 0 radical (unpaired) electrons. The molecule has 0 atom stereocenters. The Morgan fingerprint density at radius 2 is 1.80 bits per heavy atom. The summed E-state index contributed by atoms with van der Waals surface area (Å²) < 4.78 is 26.7.